The Morgan fingerprint density at radius 3 is 2.93 bits per heavy atom. The molecule has 0 aromatic heterocycles. The van der Waals surface area contributed by atoms with Crippen LogP contribution in [0.4, 0.5) is 0 Å². The molecule has 1 saturated heterocycles. The third-order valence-electron chi connectivity index (χ3n) is 3.50. The Labute approximate surface area is 93.8 Å². The number of ketones is 1. The molecule has 0 aliphatic carbocycles. The second kappa shape index (κ2) is 7.00. The fraction of sp³-hybridized carbons (Fsp3) is 0.923. The van der Waals surface area contributed by atoms with Crippen LogP contribution in [0.5, 0.6) is 0 Å². The summed E-state index contributed by atoms with van der Waals surface area (Å²) in [6, 6.07) is 0. The van der Waals surface area contributed by atoms with Gasteiger partial charge in [-0.3, -0.25) is 4.79 Å². The molecule has 1 rings (SSSR count). The minimum absolute atomic E-state index is 0.468. The van der Waals surface area contributed by atoms with E-state index in [1.54, 1.807) is 0 Å². The number of hydrogen-bond donors (Lipinski definition) is 1. The van der Waals surface area contributed by atoms with E-state index in [0.717, 1.165) is 44.7 Å². The van der Waals surface area contributed by atoms with Gasteiger partial charge in [-0.05, 0) is 44.2 Å². The number of carbonyl (C=O) groups is 1. The van der Waals surface area contributed by atoms with E-state index in [4.69, 9.17) is 0 Å². The van der Waals surface area contributed by atoms with E-state index < -0.39 is 0 Å². The Kier molecular flexibility index (Phi) is 5.92. The van der Waals surface area contributed by atoms with Crippen LogP contribution in [0.25, 0.3) is 0 Å². The first-order valence-electron chi connectivity index (χ1n) is 6.46. The molecule has 1 N–H and O–H groups in total. The fourth-order valence-electron chi connectivity index (χ4n) is 2.37. The van der Waals surface area contributed by atoms with E-state index in [-0.39, 0.29) is 0 Å². The molecule has 1 aliphatic heterocycles. The van der Waals surface area contributed by atoms with E-state index in [9.17, 15) is 4.79 Å². The Balaban J connectivity index is 2.21. The van der Waals surface area contributed by atoms with Crippen LogP contribution < -0.4 is 5.32 Å². The average molecular weight is 211 g/mol. The van der Waals surface area contributed by atoms with Crippen molar-refractivity contribution in [1.29, 1.82) is 0 Å². The van der Waals surface area contributed by atoms with Crippen LogP contribution in [-0.4, -0.2) is 18.9 Å². The zero-order chi connectivity index (χ0) is 11.1. The molecule has 2 unspecified atom stereocenters. The van der Waals surface area contributed by atoms with Gasteiger partial charge in [0, 0.05) is 12.8 Å². The highest BCUT2D eigenvalue weighted by Crippen LogP contribution is 2.23. The van der Waals surface area contributed by atoms with Crippen LogP contribution in [0.1, 0.15) is 52.4 Å². The molecule has 1 fully saturated rings. The fourth-order valence-corrected chi connectivity index (χ4v) is 2.37. The predicted molar refractivity (Wildman–Crippen MR) is 63.9 cm³/mol. The van der Waals surface area contributed by atoms with Gasteiger partial charge in [0.05, 0.1) is 0 Å². The van der Waals surface area contributed by atoms with Crippen molar-refractivity contribution in [1.82, 2.24) is 5.32 Å². The molecule has 2 heteroatoms. The van der Waals surface area contributed by atoms with Crippen LogP contribution in [-0.2, 0) is 4.79 Å². The number of unbranched alkanes of at least 4 members (excludes halogenated alkanes) is 1. The third-order valence-corrected chi connectivity index (χ3v) is 3.50. The number of piperidine rings is 1. The summed E-state index contributed by atoms with van der Waals surface area (Å²) in [5.74, 6) is 1.77. The van der Waals surface area contributed by atoms with Crippen LogP contribution >= 0.6 is 0 Å². The number of nitrogens with one attached hydrogen (secondary N) is 1. The van der Waals surface area contributed by atoms with E-state index >= 15 is 0 Å². The summed E-state index contributed by atoms with van der Waals surface area (Å²) in [6.07, 6.45) is 6.36. The number of rotatable bonds is 6. The van der Waals surface area contributed by atoms with Crippen molar-refractivity contribution in [2.24, 2.45) is 11.8 Å². The summed E-state index contributed by atoms with van der Waals surface area (Å²) in [5.41, 5.74) is 0. The summed E-state index contributed by atoms with van der Waals surface area (Å²) < 4.78 is 0. The van der Waals surface area contributed by atoms with Gasteiger partial charge in [0.25, 0.3) is 0 Å². The molecule has 2 nitrogen and oxygen atoms in total. The zero-order valence-corrected chi connectivity index (χ0v) is 10.2. The molecule has 2 atom stereocenters. The number of carbonyl (C=O) groups excluding carboxylic acids is 1. The largest absolute Gasteiger partial charge is 0.316 e. The number of hydrogen-bond acceptors (Lipinski definition) is 2. The molecule has 0 amide bonds. The summed E-state index contributed by atoms with van der Waals surface area (Å²) in [6.45, 7) is 6.65. The molecular formula is C13H25NO. The lowest BCUT2D eigenvalue weighted by Gasteiger charge is -2.27. The molecule has 0 aromatic rings. The van der Waals surface area contributed by atoms with Gasteiger partial charge in [0.1, 0.15) is 5.78 Å². The predicted octanol–water partition coefficient (Wildman–Crippen LogP) is 2.77. The van der Waals surface area contributed by atoms with Gasteiger partial charge >= 0.3 is 0 Å². The SMILES string of the molecule is CCCCC(=O)CC(C)C1CCCNC1. The topological polar surface area (TPSA) is 29.1 Å². The van der Waals surface area contributed by atoms with Crippen molar-refractivity contribution < 1.29 is 4.79 Å². The van der Waals surface area contributed by atoms with Crippen LogP contribution in [0.15, 0.2) is 0 Å². The van der Waals surface area contributed by atoms with Crippen LogP contribution in [0, 0.1) is 11.8 Å². The Hall–Kier alpha value is -0.370. The lowest BCUT2D eigenvalue weighted by Crippen LogP contribution is -2.33. The van der Waals surface area contributed by atoms with Crippen LogP contribution in [0.2, 0.25) is 0 Å². The summed E-state index contributed by atoms with van der Waals surface area (Å²) in [7, 11) is 0. The molecule has 0 spiro atoms. The maximum absolute atomic E-state index is 11.6. The van der Waals surface area contributed by atoms with Gasteiger partial charge < -0.3 is 5.32 Å². The lowest BCUT2D eigenvalue weighted by molar-refractivity contribution is -0.120. The molecule has 88 valence electrons. The first-order valence-corrected chi connectivity index (χ1v) is 6.46. The Bertz CT molecular complexity index is 185. The highest BCUT2D eigenvalue weighted by Gasteiger charge is 2.21. The maximum Gasteiger partial charge on any atom is 0.133 e. The minimum Gasteiger partial charge on any atom is -0.316 e. The van der Waals surface area contributed by atoms with Crippen molar-refractivity contribution in [2.45, 2.75) is 52.4 Å². The standard InChI is InChI=1S/C13H25NO/c1-3-4-7-13(15)9-11(2)12-6-5-8-14-10-12/h11-12,14H,3-10H2,1-2H3. The highest BCUT2D eigenvalue weighted by molar-refractivity contribution is 5.78. The monoisotopic (exact) mass is 211 g/mol. The molecule has 1 heterocycles. The molecule has 0 aromatic carbocycles. The summed E-state index contributed by atoms with van der Waals surface area (Å²) in [4.78, 5) is 11.6. The molecule has 15 heavy (non-hydrogen) atoms. The Morgan fingerprint density at radius 2 is 2.33 bits per heavy atom. The zero-order valence-electron chi connectivity index (χ0n) is 10.2. The van der Waals surface area contributed by atoms with Gasteiger partial charge in [0.15, 0.2) is 0 Å². The van der Waals surface area contributed by atoms with E-state index in [1.807, 2.05) is 0 Å². The first-order chi connectivity index (χ1) is 7.24. The first kappa shape index (κ1) is 12.7. The highest BCUT2D eigenvalue weighted by atomic mass is 16.1. The van der Waals surface area contributed by atoms with Gasteiger partial charge in [-0.25, -0.2) is 0 Å². The van der Waals surface area contributed by atoms with Gasteiger partial charge in [-0.15, -0.1) is 0 Å². The van der Waals surface area contributed by atoms with E-state index in [0.29, 0.717) is 11.7 Å². The van der Waals surface area contributed by atoms with Crippen molar-refractivity contribution in [2.75, 3.05) is 13.1 Å². The van der Waals surface area contributed by atoms with Crippen LogP contribution in [0.3, 0.4) is 0 Å². The summed E-state index contributed by atoms with van der Waals surface area (Å²) in [5, 5.41) is 3.42. The third kappa shape index (κ3) is 4.78. The molecule has 0 radical (unpaired) electrons. The van der Waals surface area contributed by atoms with Gasteiger partial charge in [0.2, 0.25) is 0 Å². The maximum atomic E-state index is 11.6. The van der Waals surface area contributed by atoms with Gasteiger partial charge in [-0.1, -0.05) is 20.3 Å². The van der Waals surface area contributed by atoms with E-state index in [1.165, 1.54) is 12.8 Å². The minimum atomic E-state index is 0.468. The van der Waals surface area contributed by atoms with Crippen molar-refractivity contribution >= 4 is 5.78 Å². The molecular weight excluding hydrogens is 186 g/mol. The van der Waals surface area contributed by atoms with E-state index in [2.05, 4.69) is 19.2 Å². The lowest BCUT2D eigenvalue weighted by atomic mass is 9.84. The molecule has 1 aliphatic rings. The van der Waals surface area contributed by atoms with Gasteiger partial charge in [-0.2, -0.15) is 0 Å². The number of Topliss-reactive ketones (excluding diaryl/α,β-unsaturated/α-hetero) is 1. The molecule has 0 bridgehead atoms. The quantitative estimate of drug-likeness (QED) is 0.732. The Morgan fingerprint density at radius 1 is 1.53 bits per heavy atom. The van der Waals surface area contributed by atoms with Crippen molar-refractivity contribution in [3.63, 3.8) is 0 Å². The normalized spacial score (nSPS) is 23.7. The second-order valence-corrected chi connectivity index (χ2v) is 4.93. The second-order valence-electron chi connectivity index (χ2n) is 4.93. The average Bonchev–Trinajstić information content (AvgIpc) is 2.27. The van der Waals surface area contributed by atoms with Crippen molar-refractivity contribution in [3.8, 4) is 0 Å². The van der Waals surface area contributed by atoms with Crippen molar-refractivity contribution in [3.05, 3.63) is 0 Å². The smallest absolute Gasteiger partial charge is 0.133 e. The molecule has 0 saturated carbocycles. The summed E-state index contributed by atoms with van der Waals surface area (Å²) >= 11 is 0.